The van der Waals surface area contributed by atoms with E-state index in [0.29, 0.717) is 5.82 Å². The number of hydrazine groups is 1. The Bertz CT molecular complexity index is 475. The molecule has 82 valence electrons. The number of rotatable bonds is 3. The molecule has 2 rings (SSSR count). The van der Waals surface area contributed by atoms with Crippen LogP contribution < -0.4 is 11.3 Å². The van der Waals surface area contributed by atoms with Crippen molar-refractivity contribution in [3.63, 3.8) is 0 Å². The molecule has 0 bridgehead atoms. The third-order valence-corrected chi connectivity index (χ3v) is 3.24. The summed E-state index contributed by atoms with van der Waals surface area (Å²) in [6.45, 7) is 0. The third kappa shape index (κ3) is 2.94. The smallest absolute Gasteiger partial charge is 0.159 e. The number of benzene rings is 1. The maximum Gasteiger partial charge on any atom is 0.159 e. The van der Waals surface area contributed by atoms with Crippen LogP contribution in [0.3, 0.4) is 0 Å². The first-order valence-electron chi connectivity index (χ1n) is 4.50. The summed E-state index contributed by atoms with van der Waals surface area (Å²) in [5, 5.41) is 0.803. The van der Waals surface area contributed by atoms with Gasteiger partial charge in [0.2, 0.25) is 0 Å². The molecule has 0 amide bonds. The lowest BCUT2D eigenvalue weighted by Crippen LogP contribution is -2.08. The van der Waals surface area contributed by atoms with Crippen LogP contribution in [-0.2, 0) is 0 Å². The number of nitrogens with two attached hydrogens (primary N) is 1. The van der Waals surface area contributed by atoms with Crippen LogP contribution in [-0.4, -0.2) is 9.97 Å². The van der Waals surface area contributed by atoms with Crippen molar-refractivity contribution in [3.05, 3.63) is 41.1 Å². The number of anilines is 1. The molecule has 0 saturated heterocycles. The standard InChI is InChI=1S/C10H9BrN4S/c11-7-1-3-8(4-2-7)16-10-6-13-5-9(14-10)15-12/h1-6H,12H2,(H,14,15). The van der Waals surface area contributed by atoms with Gasteiger partial charge in [0.1, 0.15) is 5.03 Å². The number of hydrogen-bond acceptors (Lipinski definition) is 5. The predicted octanol–water partition coefficient (Wildman–Crippen LogP) is 2.68. The quantitative estimate of drug-likeness (QED) is 0.673. The molecule has 0 aliphatic carbocycles. The minimum atomic E-state index is 0.558. The molecule has 1 aromatic heterocycles. The van der Waals surface area contributed by atoms with Crippen LogP contribution in [0.5, 0.6) is 0 Å². The number of nitrogens with zero attached hydrogens (tertiary/aromatic N) is 2. The maximum atomic E-state index is 5.26. The highest BCUT2D eigenvalue weighted by Gasteiger charge is 2.00. The summed E-state index contributed by atoms with van der Waals surface area (Å²) < 4.78 is 1.06. The Morgan fingerprint density at radius 1 is 1.19 bits per heavy atom. The highest BCUT2D eigenvalue weighted by Crippen LogP contribution is 2.27. The second-order valence-corrected chi connectivity index (χ2v) is 4.95. The summed E-state index contributed by atoms with van der Waals surface area (Å²) in [6, 6.07) is 8.00. The monoisotopic (exact) mass is 296 g/mol. The van der Waals surface area contributed by atoms with Gasteiger partial charge in [0, 0.05) is 9.37 Å². The molecule has 0 fully saturated rings. The van der Waals surface area contributed by atoms with Gasteiger partial charge in [0.05, 0.1) is 12.4 Å². The predicted molar refractivity (Wildman–Crippen MR) is 68.1 cm³/mol. The van der Waals surface area contributed by atoms with Crippen LogP contribution in [0, 0.1) is 0 Å². The van der Waals surface area contributed by atoms with E-state index >= 15 is 0 Å². The Kier molecular flexibility index (Phi) is 3.76. The molecule has 0 aliphatic heterocycles. The largest absolute Gasteiger partial charge is 0.307 e. The van der Waals surface area contributed by atoms with Crippen LogP contribution in [0.4, 0.5) is 5.82 Å². The molecule has 0 unspecified atom stereocenters. The number of aromatic nitrogens is 2. The van der Waals surface area contributed by atoms with Crippen molar-refractivity contribution < 1.29 is 0 Å². The van der Waals surface area contributed by atoms with Gasteiger partial charge in [-0.05, 0) is 24.3 Å². The van der Waals surface area contributed by atoms with Crippen LogP contribution in [0.15, 0.2) is 51.1 Å². The molecule has 4 nitrogen and oxygen atoms in total. The molecule has 6 heteroatoms. The number of hydrogen-bond donors (Lipinski definition) is 2. The lowest BCUT2D eigenvalue weighted by atomic mass is 10.4. The van der Waals surface area contributed by atoms with Gasteiger partial charge in [-0.25, -0.2) is 10.8 Å². The molecule has 0 saturated carbocycles. The highest BCUT2D eigenvalue weighted by atomic mass is 79.9. The van der Waals surface area contributed by atoms with Crippen molar-refractivity contribution in [1.82, 2.24) is 9.97 Å². The lowest BCUT2D eigenvalue weighted by molar-refractivity contribution is 1.04. The Morgan fingerprint density at radius 3 is 2.62 bits per heavy atom. The SMILES string of the molecule is NNc1cncc(Sc2ccc(Br)cc2)n1. The Hall–Kier alpha value is -1.11. The Balaban J connectivity index is 2.16. The van der Waals surface area contributed by atoms with E-state index in [-0.39, 0.29) is 0 Å². The summed E-state index contributed by atoms with van der Waals surface area (Å²) in [6.07, 6.45) is 3.28. The van der Waals surface area contributed by atoms with Crippen molar-refractivity contribution in [2.45, 2.75) is 9.92 Å². The minimum Gasteiger partial charge on any atom is -0.307 e. The van der Waals surface area contributed by atoms with Gasteiger partial charge in [-0.2, -0.15) is 0 Å². The van der Waals surface area contributed by atoms with Gasteiger partial charge >= 0.3 is 0 Å². The van der Waals surface area contributed by atoms with Crippen molar-refractivity contribution in [2.24, 2.45) is 5.84 Å². The summed E-state index contributed by atoms with van der Waals surface area (Å²) in [5.41, 5.74) is 2.47. The van der Waals surface area contributed by atoms with Crippen LogP contribution >= 0.6 is 27.7 Å². The second-order valence-electron chi connectivity index (χ2n) is 2.94. The number of nitrogens with one attached hydrogen (secondary N) is 1. The van der Waals surface area contributed by atoms with E-state index in [9.17, 15) is 0 Å². The first-order valence-corrected chi connectivity index (χ1v) is 6.11. The van der Waals surface area contributed by atoms with E-state index in [4.69, 9.17) is 5.84 Å². The van der Waals surface area contributed by atoms with Crippen LogP contribution in [0.2, 0.25) is 0 Å². The summed E-state index contributed by atoms with van der Waals surface area (Å²) >= 11 is 4.93. The van der Waals surface area contributed by atoms with Gasteiger partial charge in [-0.15, -0.1) is 0 Å². The van der Waals surface area contributed by atoms with Gasteiger partial charge < -0.3 is 5.43 Å². The molecule has 3 N–H and O–H groups in total. The average Bonchev–Trinajstić information content (AvgIpc) is 2.32. The number of nitrogen functional groups attached to an aromatic ring is 1. The molecule has 1 aromatic carbocycles. The fraction of sp³-hybridized carbons (Fsp3) is 0. The minimum absolute atomic E-state index is 0.558. The third-order valence-electron chi connectivity index (χ3n) is 1.80. The van der Waals surface area contributed by atoms with Crippen LogP contribution in [0.25, 0.3) is 0 Å². The van der Waals surface area contributed by atoms with E-state index in [1.165, 1.54) is 11.8 Å². The summed E-state index contributed by atoms with van der Waals surface area (Å²) in [5.74, 6) is 5.82. The average molecular weight is 297 g/mol. The topological polar surface area (TPSA) is 63.8 Å². The molecule has 16 heavy (non-hydrogen) atoms. The Morgan fingerprint density at radius 2 is 1.94 bits per heavy atom. The normalized spacial score (nSPS) is 10.1. The van der Waals surface area contributed by atoms with E-state index in [1.54, 1.807) is 12.4 Å². The van der Waals surface area contributed by atoms with Gasteiger partial charge in [0.25, 0.3) is 0 Å². The molecule has 0 atom stereocenters. The van der Waals surface area contributed by atoms with Crippen molar-refractivity contribution in [2.75, 3.05) is 5.43 Å². The zero-order valence-corrected chi connectivity index (χ0v) is 10.6. The molecule has 0 radical (unpaired) electrons. The molecular formula is C10H9BrN4S. The van der Waals surface area contributed by atoms with Gasteiger partial charge in [-0.3, -0.25) is 4.98 Å². The zero-order chi connectivity index (χ0) is 11.4. The zero-order valence-electron chi connectivity index (χ0n) is 8.22. The van der Waals surface area contributed by atoms with Crippen molar-refractivity contribution in [3.8, 4) is 0 Å². The number of halogens is 1. The van der Waals surface area contributed by atoms with E-state index in [2.05, 4.69) is 31.3 Å². The molecule has 0 spiro atoms. The molecule has 1 heterocycles. The van der Waals surface area contributed by atoms with Crippen LogP contribution in [0.1, 0.15) is 0 Å². The summed E-state index contributed by atoms with van der Waals surface area (Å²) in [7, 11) is 0. The fourth-order valence-electron chi connectivity index (χ4n) is 1.09. The lowest BCUT2D eigenvalue weighted by Gasteiger charge is -2.02. The van der Waals surface area contributed by atoms with E-state index < -0.39 is 0 Å². The molecular weight excluding hydrogens is 288 g/mol. The fourth-order valence-corrected chi connectivity index (χ4v) is 2.13. The second kappa shape index (κ2) is 5.29. The van der Waals surface area contributed by atoms with Crippen molar-refractivity contribution >= 4 is 33.5 Å². The van der Waals surface area contributed by atoms with Gasteiger partial charge in [0.15, 0.2) is 5.82 Å². The van der Waals surface area contributed by atoms with Gasteiger partial charge in [-0.1, -0.05) is 27.7 Å². The van der Waals surface area contributed by atoms with Crippen molar-refractivity contribution in [1.29, 1.82) is 0 Å². The molecule has 2 aromatic rings. The summed E-state index contributed by atoms with van der Waals surface area (Å²) in [4.78, 5) is 9.40. The van der Waals surface area contributed by atoms with E-state index in [0.717, 1.165) is 14.4 Å². The Labute approximate surface area is 106 Å². The first-order chi connectivity index (χ1) is 7.78. The first kappa shape index (κ1) is 11.4. The highest BCUT2D eigenvalue weighted by molar-refractivity contribution is 9.10. The van der Waals surface area contributed by atoms with E-state index in [1.807, 2.05) is 24.3 Å². The maximum absolute atomic E-state index is 5.26. The molecule has 0 aliphatic rings.